The Morgan fingerprint density at radius 3 is 2.29 bits per heavy atom. The Kier molecular flexibility index (Phi) is 4.47. The molecular formula is C26H20FNO3. The molecule has 0 aliphatic carbocycles. The van der Waals surface area contributed by atoms with Crippen LogP contribution in [0.15, 0.2) is 75.9 Å². The van der Waals surface area contributed by atoms with Crippen molar-refractivity contribution in [2.24, 2.45) is 0 Å². The molecule has 1 aromatic heterocycles. The van der Waals surface area contributed by atoms with Crippen molar-refractivity contribution in [1.82, 2.24) is 4.90 Å². The summed E-state index contributed by atoms with van der Waals surface area (Å²) in [6.45, 7) is 4.21. The number of rotatable bonds is 3. The first-order chi connectivity index (χ1) is 14.9. The Bertz CT molecular complexity index is 1370. The van der Waals surface area contributed by atoms with E-state index >= 15 is 0 Å². The van der Waals surface area contributed by atoms with Crippen LogP contribution in [0.3, 0.4) is 0 Å². The molecule has 4 nitrogen and oxygen atoms in total. The van der Waals surface area contributed by atoms with Gasteiger partial charge in [-0.1, -0.05) is 53.6 Å². The lowest BCUT2D eigenvalue weighted by molar-refractivity contribution is 0.0714. The van der Waals surface area contributed by atoms with Crippen molar-refractivity contribution in [3.63, 3.8) is 0 Å². The van der Waals surface area contributed by atoms with E-state index in [9.17, 15) is 14.0 Å². The number of halogens is 1. The Hall–Kier alpha value is -3.73. The monoisotopic (exact) mass is 413 g/mol. The fourth-order valence-electron chi connectivity index (χ4n) is 4.18. The number of benzene rings is 3. The van der Waals surface area contributed by atoms with Gasteiger partial charge in [0.05, 0.1) is 17.0 Å². The van der Waals surface area contributed by atoms with E-state index < -0.39 is 6.04 Å². The Morgan fingerprint density at radius 2 is 1.58 bits per heavy atom. The van der Waals surface area contributed by atoms with Crippen LogP contribution >= 0.6 is 0 Å². The summed E-state index contributed by atoms with van der Waals surface area (Å²) in [5.74, 6) is -0.660. The van der Waals surface area contributed by atoms with Gasteiger partial charge in [0, 0.05) is 6.54 Å². The van der Waals surface area contributed by atoms with Crippen molar-refractivity contribution in [2.45, 2.75) is 26.4 Å². The van der Waals surface area contributed by atoms with E-state index in [1.54, 1.807) is 29.2 Å². The molecule has 1 unspecified atom stereocenters. The second kappa shape index (κ2) is 7.20. The number of fused-ring (bicyclic) bond motifs is 2. The highest BCUT2D eigenvalue weighted by Gasteiger charge is 2.42. The maximum absolute atomic E-state index is 13.6. The number of amides is 1. The predicted octanol–water partition coefficient (Wildman–Crippen LogP) is 5.29. The van der Waals surface area contributed by atoms with Crippen LogP contribution in [0, 0.1) is 19.7 Å². The normalized spacial score (nSPS) is 15.5. The van der Waals surface area contributed by atoms with Gasteiger partial charge in [-0.2, -0.15) is 0 Å². The molecule has 4 aromatic rings. The molecule has 1 aliphatic rings. The molecule has 0 saturated carbocycles. The Balaban J connectivity index is 1.72. The second-order valence-corrected chi connectivity index (χ2v) is 8.05. The summed E-state index contributed by atoms with van der Waals surface area (Å²) in [4.78, 5) is 28.5. The largest absolute Gasteiger partial charge is 0.450 e. The number of hydrogen-bond acceptors (Lipinski definition) is 3. The molecule has 0 spiro atoms. The molecule has 0 saturated heterocycles. The summed E-state index contributed by atoms with van der Waals surface area (Å²) < 4.78 is 19.5. The molecule has 1 aliphatic heterocycles. The minimum atomic E-state index is -0.648. The third-order valence-corrected chi connectivity index (χ3v) is 5.78. The van der Waals surface area contributed by atoms with Gasteiger partial charge in [-0.05, 0) is 49.2 Å². The quantitative estimate of drug-likeness (QED) is 0.458. The van der Waals surface area contributed by atoms with Gasteiger partial charge in [0.2, 0.25) is 5.76 Å². The van der Waals surface area contributed by atoms with E-state index in [1.165, 1.54) is 12.1 Å². The predicted molar refractivity (Wildman–Crippen MR) is 117 cm³/mol. The minimum Gasteiger partial charge on any atom is -0.450 e. The summed E-state index contributed by atoms with van der Waals surface area (Å²) in [5, 5.41) is 0.441. The lowest BCUT2D eigenvalue weighted by atomic mass is 9.98. The SMILES string of the molecule is Cc1ccc(CN2C(=O)c3oc4ccc(C)cc4c(=O)c3C2c2ccc(F)cc2)cc1. The van der Waals surface area contributed by atoms with Crippen molar-refractivity contribution >= 4 is 16.9 Å². The maximum atomic E-state index is 13.6. The molecule has 5 rings (SSSR count). The summed E-state index contributed by atoms with van der Waals surface area (Å²) in [6, 6.07) is 18.5. The number of carbonyl (C=O) groups is 1. The van der Waals surface area contributed by atoms with Crippen LogP contribution in [0.2, 0.25) is 0 Å². The first-order valence-corrected chi connectivity index (χ1v) is 10.1. The Morgan fingerprint density at radius 1 is 0.903 bits per heavy atom. The highest BCUT2D eigenvalue weighted by molar-refractivity contribution is 5.99. The van der Waals surface area contributed by atoms with Crippen LogP contribution in [0.4, 0.5) is 4.39 Å². The van der Waals surface area contributed by atoms with Crippen molar-refractivity contribution < 1.29 is 13.6 Å². The molecule has 1 amide bonds. The maximum Gasteiger partial charge on any atom is 0.291 e. The number of carbonyl (C=O) groups excluding carboxylic acids is 1. The van der Waals surface area contributed by atoms with Crippen molar-refractivity contribution in [1.29, 1.82) is 0 Å². The van der Waals surface area contributed by atoms with Gasteiger partial charge in [-0.15, -0.1) is 0 Å². The topological polar surface area (TPSA) is 50.5 Å². The van der Waals surface area contributed by atoms with E-state index in [1.807, 2.05) is 44.2 Å². The molecule has 0 bridgehead atoms. The molecule has 5 heteroatoms. The molecule has 1 atom stereocenters. The molecule has 3 aromatic carbocycles. The van der Waals surface area contributed by atoms with E-state index in [4.69, 9.17) is 4.42 Å². The lowest BCUT2D eigenvalue weighted by Crippen LogP contribution is -2.29. The van der Waals surface area contributed by atoms with Gasteiger partial charge in [-0.25, -0.2) is 4.39 Å². The average molecular weight is 413 g/mol. The summed E-state index contributed by atoms with van der Waals surface area (Å²) in [7, 11) is 0. The van der Waals surface area contributed by atoms with Crippen molar-refractivity contribution in [2.75, 3.05) is 0 Å². The number of aryl methyl sites for hydroxylation is 2. The molecule has 2 heterocycles. The van der Waals surface area contributed by atoms with E-state index in [2.05, 4.69) is 0 Å². The highest BCUT2D eigenvalue weighted by Crippen LogP contribution is 2.39. The minimum absolute atomic E-state index is 0.0581. The fraction of sp³-hybridized carbons (Fsp3) is 0.154. The molecule has 31 heavy (non-hydrogen) atoms. The zero-order valence-corrected chi connectivity index (χ0v) is 17.2. The number of nitrogens with zero attached hydrogens (tertiary/aromatic N) is 1. The van der Waals surface area contributed by atoms with Crippen LogP contribution in [0.5, 0.6) is 0 Å². The molecule has 0 radical (unpaired) electrons. The number of hydrogen-bond donors (Lipinski definition) is 0. The van der Waals surface area contributed by atoms with Gasteiger partial charge in [0.15, 0.2) is 5.43 Å². The molecular weight excluding hydrogens is 393 g/mol. The Labute approximate surface area is 178 Å². The van der Waals surface area contributed by atoms with Gasteiger partial charge in [0.1, 0.15) is 11.4 Å². The van der Waals surface area contributed by atoms with Crippen LogP contribution in [0.25, 0.3) is 11.0 Å². The standard InChI is InChI=1S/C26H20FNO3/c1-15-3-6-17(7-4-15)14-28-23(18-8-10-19(27)11-9-18)22-24(29)20-13-16(2)5-12-21(20)31-25(22)26(28)30/h3-13,23H,14H2,1-2H3. The summed E-state index contributed by atoms with van der Waals surface area (Å²) in [5.41, 5.74) is 4.12. The van der Waals surface area contributed by atoms with Crippen LogP contribution in [0.1, 0.15) is 44.4 Å². The fourth-order valence-corrected chi connectivity index (χ4v) is 4.18. The van der Waals surface area contributed by atoms with Crippen molar-refractivity contribution in [3.8, 4) is 0 Å². The zero-order chi connectivity index (χ0) is 21.7. The van der Waals surface area contributed by atoms with Crippen LogP contribution in [-0.4, -0.2) is 10.8 Å². The zero-order valence-electron chi connectivity index (χ0n) is 17.2. The van der Waals surface area contributed by atoms with Crippen LogP contribution < -0.4 is 5.43 Å². The van der Waals surface area contributed by atoms with Gasteiger partial charge >= 0.3 is 0 Å². The third kappa shape index (κ3) is 3.22. The van der Waals surface area contributed by atoms with Gasteiger partial charge in [-0.3, -0.25) is 9.59 Å². The second-order valence-electron chi connectivity index (χ2n) is 8.05. The molecule has 154 valence electrons. The smallest absolute Gasteiger partial charge is 0.291 e. The molecule has 0 N–H and O–H groups in total. The van der Waals surface area contributed by atoms with E-state index in [0.717, 1.165) is 16.7 Å². The van der Waals surface area contributed by atoms with Gasteiger partial charge in [0.25, 0.3) is 5.91 Å². The average Bonchev–Trinajstić information content (AvgIpc) is 3.03. The lowest BCUT2D eigenvalue weighted by Gasteiger charge is -2.25. The summed E-state index contributed by atoms with van der Waals surface area (Å²) >= 11 is 0. The first-order valence-electron chi connectivity index (χ1n) is 10.1. The van der Waals surface area contributed by atoms with Crippen molar-refractivity contribution in [3.05, 3.63) is 116 Å². The summed E-state index contributed by atoms with van der Waals surface area (Å²) in [6.07, 6.45) is 0. The molecule has 0 fully saturated rings. The highest BCUT2D eigenvalue weighted by atomic mass is 19.1. The third-order valence-electron chi connectivity index (χ3n) is 5.78. The van der Waals surface area contributed by atoms with E-state index in [-0.39, 0.29) is 22.9 Å². The van der Waals surface area contributed by atoms with Gasteiger partial charge < -0.3 is 9.32 Å². The van der Waals surface area contributed by atoms with E-state index in [0.29, 0.717) is 28.6 Å². The van der Waals surface area contributed by atoms with Crippen LogP contribution in [-0.2, 0) is 6.54 Å². The first kappa shape index (κ1) is 19.2.